The summed E-state index contributed by atoms with van der Waals surface area (Å²) in [5.74, 6) is 2.36. The van der Waals surface area contributed by atoms with E-state index in [9.17, 15) is 4.79 Å². The van der Waals surface area contributed by atoms with E-state index in [1.165, 1.54) is 0 Å². The minimum Gasteiger partial charge on any atom is -0.378 e. The van der Waals surface area contributed by atoms with Gasteiger partial charge in [0.05, 0.1) is 25.1 Å². The lowest BCUT2D eigenvalue weighted by Crippen LogP contribution is -2.36. The van der Waals surface area contributed by atoms with Crippen LogP contribution in [0, 0.1) is 0 Å². The highest BCUT2D eigenvalue weighted by Crippen LogP contribution is 2.42. The summed E-state index contributed by atoms with van der Waals surface area (Å²) in [6.45, 7) is 3.63. The average Bonchev–Trinajstić information content (AvgIpc) is 3.54. The van der Waals surface area contributed by atoms with E-state index in [2.05, 4.69) is 30.5 Å². The fraction of sp³-hybridized carbons (Fsp3) is 0.474. The molecule has 0 aromatic carbocycles. The standard InChI is InChI=1S/C19H25N7O2/c20-16(27)5-6-21-18-15(13-1-2-13)12-23-19(25-18)24-14-3-4-17(22-11-14)26-7-9-28-10-8-26/h3-4,11-13H,1-2,5-10H2,(H2,20,27)(H2,21,23,24,25). The largest absolute Gasteiger partial charge is 0.378 e. The van der Waals surface area contributed by atoms with Crippen molar-refractivity contribution < 1.29 is 9.53 Å². The van der Waals surface area contributed by atoms with Crippen molar-refractivity contribution in [1.29, 1.82) is 0 Å². The first kappa shape index (κ1) is 18.4. The topological polar surface area (TPSA) is 118 Å². The van der Waals surface area contributed by atoms with Gasteiger partial charge >= 0.3 is 0 Å². The van der Waals surface area contributed by atoms with Gasteiger partial charge in [-0.25, -0.2) is 9.97 Å². The molecule has 148 valence electrons. The summed E-state index contributed by atoms with van der Waals surface area (Å²) in [6.07, 6.45) is 6.20. The van der Waals surface area contributed by atoms with Crippen molar-refractivity contribution in [3.8, 4) is 0 Å². The Kier molecular flexibility index (Phi) is 5.52. The molecule has 2 aliphatic rings. The number of hydrogen-bond donors (Lipinski definition) is 3. The first-order valence-corrected chi connectivity index (χ1v) is 9.64. The number of primary amides is 1. The van der Waals surface area contributed by atoms with Crippen molar-refractivity contribution in [1.82, 2.24) is 15.0 Å². The van der Waals surface area contributed by atoms with Crippen LogP contribution in [-0.2, 0) is 9.53 Å². The molecule has 0 unspecified atom stereocenters. The predicted octanol–water partition coefficient (Wildman–Crippen LogP) is 1.62. The van der Waals surface area contributed by atoms with E-state index >= 15 is 0 Å². The zero-order valence-electron chi connectivity index (χ0n) is 15.7. The molecule has 0 radical (unpaired) electrons. The molecule has 1 aliphatic carbocycles. The molecule has 2 aromatic heterocycles. The van der Waals surface area contributed by atoms with Crippen LogP contribution in [0.2, 0.25) is 0 Å². The highest BCUT2D eigenvalue weighted by atomic mass is 16.5. The van der Waals surface area contributed by atoms with Crippen LogP contribution in [0.5, 0.6) is 0 Å². The maximum absolute atomic E-state index is 11.0. The minimum atomic E-state index is -0.334. The van der Waals surface area contributed by atoms with Gasteiger partial charge in [0.15, 0.2) is 0 Å². The van der Waals surface area contributed by atoms with Gasteiger partial charge in [0.2, 0.25) is 11.9 Å². The lowest BCUT2D eigenvalue weighted by atomic mass is 10.2. The summed E-state index contributed by atoms with van der Waals surface area (Å²) in [5, 5.41) is 6.42. The van der Waals surface area contributed by atoms with E-state index in [1.807, 2.05) is 18.3 Å². The van der Waals surface area contributed by atoms with Crippen LogP contribution in [0.15, 0.2) is 24.5 Å². The highest BCUT2D eigenvalue weighted by Gasteiger charge is 2.27. The van der Waals surface area contributed by atoms with Gasteiger partial charge in [-0.15, -0.1) is 0 Å². The number of nitrogens with two attached hydrogens (primary N) is 1. The van der Waals surface area contributed by atoms with E-state index in [-0.39, 0.29) is 12.3 Å². The SMILES string of the molecule is NC(=O)CCNc1nc(Nc2ccc(N3CCOCC3)nc2)ncc1C1CC1. The Morgan fingerprint density at radius 3 is 2.71 bits per heavy atom. The van der Waals surface area contributed by atoms with Gasteiger partial charge in [0, 0.05) is 37.8 Å². The second-order valence-corrected chi connectivity index (χ2v) is 7.04. The summed E-state index contributed by atoms with van der Waals surface area (Å²) in [7, 11) is 0. The quantitative estimate of drug-likeness (QED) is 0.629. The monoisotopic (exact) mass is 383 g/mol. The molecule has 0 spiro atoms. The van der Waals surface area contributed by atoms with Crippen molar-refractivity contribution in [2.24, 2.45) is 5.73 Å². The third-order valence-electron chi connectivity index (χ3n) is 4.84. The first-order valence-electron chi connectivity index (χ1n) is 9.64. The van der Waals surface area contributed by atoms with Gasteiger partial charge in [-0.05, 0) is 30.9 Å². The van der Waals surface area contributed by atoms with Gasteiger partial charge in [-0.3, -0.25) is 4.79 Å². The smallest absolute Gasteiger partial charge is 0.229 e. The Bertz CT molecular complexity index is 818. The number of amides is 1. The van der Waals surface area contributed by atoms with Crippen LogP contribution in [-0.4, -0.2) is 53.7 Å². The van der Waals surface area contributed by atoms with Crippen molar-refractivity contribution in [3.05, 3.63) is 30.1 Å². The van der Waals surface area contributed by atoms with E-state index < -0.39 is 0 Å². The number of ether oxygens (including phenoxy) is 1. The van der Waals surface area contributed by atoms with Gasteiger partial charge < -0.3 is 26.0 Å². The van der Waals surface area contributed by atoms with Crippen LogP contribution in [0.4, 0.5) is 23.3 Å². The van der Waals surface area contributed by atoms with Crippen molar-refractivity contribution in [2.75, 3.05) is 48.4 Å². The van der Waals surface area contributed by atoms with Gasteiger partial charge in [-0.1, -0.05) is 0 Å². The number of rotatable bonds is 8. The summed E-state index contributed by atoms with van der Waals surface area (Å²) < 4.78 is 5.38. The molecule has 1 saturated heterocycles. The number of anilines is 4. The Morgan fingerprint density at radius 2 is 2.04 bits per heavy atom. The lowest BCUT2D eigenvalue weighted by Gasteiger charge is -2.27. The molecule has 3 heterocycles. The fourth-order valence-electron chi connectivity index (χ4n) is 3.16. The van der Waals surface area contributed by atoms with Gasteiger partial charge in [0.25, 0.3) is 0 Å². The second kappa shape index (κ2) is 8.39. The summed E-state index contributed by atoms with van der Waals surface area (Å²) >= 11 is 0. The molecule has 2 fully saturated rings. The minimum absolute atomic E-state index is 0.268. The van der Waals surface area contributed by atoms with E-state index in [4.69, 9.17) is 10.5 Å². The van der Waals surface area contributed by atoms with Crippen molar-refractivity contribution in [3.63, 3.8) is 0 Å². The number of pyridine rings is 1. The normalized spacial score (nSPS) is 16.6. The maximum Gasteiger partial charge on any atom is 0.229 e. The second-order valence-electron chi connectivity index (χ2n) is 7.04. The summed E-state index contributed by atoms with van der Waals surface area (Å²) in [6, 6.07) is 3.95. The summed E-state index contributed by atoms with van der Waals surface area (Å²) in [4.78, 5) is 26.8. The molecule has 0 atom stereocenters. The van der Waals surface area contributed by atoms with Crippen LogP contribution >= 0.6 is 0 Å². The van der Waals surface area contributed by atoms with E-state index in [1.54, 1.807) is 6.20 Å². The number of nitrogens with zero attached hydrogens (tertiary/aromatic N) is 4. The van der Waals surface area contributed by atoms with Crippen LogP contribution in [0.3, 0.4) is 0 Å². The molecular formula is C19H25N7O2. The molecule has 1 amide bonds. The zero-order valence-corrected chi connectivity index (χ0v) is 15.7. The van der Waals surface area contributed by atoms with Crippen molar-refractivity contribution in [2.45, 2.75) is 25.2 Å². The maximum atomic E-state index is 11.0. The predicted molar refractivity (Wildman–Crippen MR) is 107 cm³/mol. The van der Waals surface area contributed by atoms with E-state index in [0.29, 0.717) is 18.4 Å². The molecule has 2 aromatic rings. The van der Waals surface area contributed by atoms with Crippen molar-refractivity contribution >= 4 is 29.2 Å². The Labute approximate surface area is 163 Å². The lowest BCUT2D eigenvalue weighted by molar-refractivity contribution is -0.117. The zero-order chi connectivity index (χ0) is 19.3. The fourth-order valence-corrected chi connectivity index (χ4v) is 3.16. The molecule has 1 aliphatic heterocycles. The number of carbonyl (C=O) groups excluding carboxylic acids is 1. The molecule has 4 N–H and O–H groups in total. The Balaban J connectivity index is 1.44. The average molecular weight is 383 g/mol. The Hall–Kier alpha value is -2.94. The number of hydrogen-bond acceptors (Lipinski definition) is 8. The first-order chi connectivity index (χ1) is 13.7. The third kappa shape index (κ3) is 4.66. The third-order valence-corrected chi connectivity index (χ3v) is 4.84. The van der Waals surface area contributed by atoms with Gasteiger partial charge in [-0.2, -0.15) is 4.98 Å². The van der Waals surface area contributed by atoms with Crippen LogP contribution in [0.25, 0.3) is 0 Å². The number of nitrogens with one attached hydrogen (secondary N) is 2. The molecule has 4 rings (SSSR count). The Morgan fingerprint density at radius 1 is 1.21 bits per heavy atom. The van der Waals surface area contributed by atoms with Crippen LogP contribution in [0.1, 0.15) is 30.7 Å². The highest BCUT2D eigenvalue weighted by molar-refractivity contribution is 5.74. The molecule has 28 heavy (non-hydrogen) atoms. The molecule has 1 saturated carbocycles. The van der Waals surface area contributed by atoms with Crippen LogP contribution < -0.4 is 21.3 Å². The molecule has 9 nitrogen and oxygen atoms in total. The summed E-state index contributed by atoms with van der Waals surface area (Å²) in [5.41, 5.74) is 7.14. The molecule has 9 heteroatoms. The van der Waals surface area contributed by atoms with Gasteiger partial charge in [0.1, 0.15) is 11.6 Å². The number of morpholine rings is 1. The number of carbonyl (C=O) groups is 1. The number of aromatic nitrogens is 3. The molecular weight excluding hydrogens is 358 g/mol. The molecule has 0 bridgehead atoms. The van der Waals surface area contributed by atoms with E-state index in [0.717, 1.165) is 62.0 Å².